The molecule has 4 aliphatic carbocycles. The fraction of sp³-hybridized carbons (Fsp3) is 0.857. The third-order valence-electron chi connectivity index (χ3n) is 8.72. The van der Waals surface area contributed by atoms with Crippen molar-refractivity contribution in [2.24, 2.45) is 34.5 Å². The van der Waals surface area contributed by atoms with E-state index in [4.69, 9.17) is 4.43 Å². The van der Waals surface area contributed by atoms with E-state index in [1.165, 1.54) is 38.5 Å². The van der Waals surface area contributed by atoms with Crippen molar-refractivity contribution in [2.45, 2.75) is 78.2 Å². The molecule has 6 heteroatoms. The van der Waals surface area contributed by atoms with E-state index in [0.717, 1.165) is 30.6 Å². The van der Waals surface area contributed by atoms with Crippen LogP contribution >= 0.6 is 0 Å². The van der Waals surface area contributed by atoms with Gasteiger partial charge in [-0.2, -0.15) is 0 Å². The molecule has 140 valence electrons. The maximum Gasteiger partial charge on any atom is 0.246 e. The Bertz CT molecular complexity index is 584. The van der Waals surface area contributed by atoms with Crippen LogP contribution in [-0.4, -0.2) is 22.4 Å². The summed E-state index contributed by atoms with van der Waals surface area (Å²) < 4.78 is 5.47. The molecule has 1 unspecified atom stereocenters. The molecule has 3 fully saturated rings. The summed E-state index contributed by atoms with van der Waals surface area (Å²) in [6.07, 6.45) is 12.6. The van der Waals surface area contributed by atoms with E-state index in [1.54, 1.807) is 5.57 Å². The Morgan fingerprint density at radius 2 is 1.78 bits per heavy atom. The summed E-state index contributed by atoms with van der Waals surface area (Å²) in [5.74, 6) is 3.12. The molecule has 0 aromatic rings. The van der Waals surface area contributed by atoms with Crippen molar-refractivity contribution in [2.75, 3.05) is 0 Å². The average molecular weight is 766 g/mol. The summed E-state index contributed by atoms with van der Waals surface area (Å²) >= 11 is 0. The maximum atomic E-state index is 12.2. The minimum atomic E-state index is 0. The minimum absolute atomic E-state index is 0. The predicted molar refractivity (Wildman–Crippen MR) is 96.5 cm³/mol. The molecule has 0 saturated heterocycles. The smallest absolute Gasteiger partial charge is 0.246 e. The Balaban J connectivity index is 0.00000121. The molecule has 27 heavy (non-hydrogen) atoms. The fourth-order valence-electron chi connectivity index (χ4n) is 7.40. The summed E-state index contributed by atoms with van der Waals surface area (Å²) in [4.78, 5) is 12.2. The van der Waals surface area contributed by atoms with Crippen LogP contribution in [-0.2, 0) is 9.22 Å². The molecule has 4 aliphatic rings. The zero-order valence-corrected chi connectivity index (χ0v) is 29.3. The number of carbonyl (C=O) groups excluding carboxylic acids is 1. The van der Waals surface area contributed by atoms with E-state index in [1.807, 2.05) is 6.92 Å². The number of carbonyl (C=O) groups is 1. The second-order valence-electron chi connectivity index (χ2n) is 9.53. The van der Waals surface area contributed by atoms with Crippen LogP contribution in [0.15, 0.2) is 11.6 Å². The van der Waals surface area contributed by atoms with Crippen molar-refractivity contribution in [3.63, 3.8) is 0 Å². The van der Waals surface area contributed by atoms with Crippen molar-refractivity contribution in [3.05, 3.63) is 11.6 Å². The monoisotopic (exact) mass is 766 g/mol. The molecule has 0 bridgehead atoms. The SMILES string of the molecule is CC(=O)[C@H]1CC[C@H]2[C@@H]3CC=C4CC(O[Si])CC[C@]4(C)[C@H]3CC[C@]12C.[Pr].[Pr].[Pr]. The molecule has 4 rings (SSSR count). The van der Waals surface area contributed by atoms with E-state index in [2.05, 4.69) is 30.4 Å². The van der Waals surface area contributed by atoms with Gasteiger partial charge in [-0.1, -0.05) is 25.5 Å². The van der Waals surface area contributed by atoms with Crippen LogP contribution < -0.4 is 0 Å². The van der Waals surface area contributed by atoms with Gasteiger partial charge in [0.2, 0.25) is 10.5 Å². The van der Waals surface area contributed by atoms with Gasteiger partial charge >= 0.3 is 0 Å². The van der Waals surface area contributed by atoms with Crippen LogP contribution in [0.3, 0.4) is 0 Å². The fourth-order valence-corrected chi connectivity index (χ4v) is 7.60. The number of ketones is 1. The van der Waals surface area contributed by atoms with Gasteiger partial charge in [-0.15, -0.1) is 0 Å². The largest absolute Gasteiger partial charge is 0.415 e. The zero-order chi connectivity index (χ0) is 17.1. The van der Waals surface area contributed by atoms with Gasteiger partial charge in [0.05, 0.1) is 0 Å². The van der Waals surface area contributed by atoms with Gasteiger partial charge in [0.25, 0.3) is 0 Å². The normalized spacial score (nSPS) is 44.9. The maximum absolute atomic E-state index is 12.2. The first-order valence-electron chi connectivity index (χ1n) is 9.92. The number of fused-ring (bicyclic) bond motifs is 5. The standard InChI is InChI=1S/C21H31O2Si.3Pr/c1-13(22)17-6-7-18-16-5-4-14-12-15(23-24)8-10-20(14,2)19(16)9-11-21(17,18)3;;;/h4,15-19H,5-12H2,1-3H3;;;/t15?,16-,17+,18-,19-,20-,21+;;;/m0.../s1. The van der Waals surface area contributed by atoms with E-state index < -0.39 is 0 Å². The third-order valence-corrected chi connectivity index (χ3v) is 9.05. The quantitative estimate of drug-likeness (QED) is 0.303. The molecule has 0 spiro atoms. The second kappa shape index (κ2) is 11.2. The predicted octanol–water partition coefficient (Wildman–Crippen LogP) is 4.62. The van der Waals surface area contributed by atoms with Gasteiger partial charge in [-0.05, 0) is 86.9 Å². The van der Waals surface area contributed by atoms with Crippen LogP contribution in [0.5, 0.6) is 0 Å². The van der Waals surface area contributed by atoms with Crippen LogP contribution in [0.4, 0.5) is 0 Å². The summed E-state index contributed by atoms with van der Waals surface area (Å²) in [6, 6.07) is 0. The number of rotatable bonds is 2. The summed E-state index contributed by atoms with van der Waals surface area (Å²) in [7, 11) is 3.27. The topological polar surface area (TPSA) is 26.3 Å². The molecule has 0 aromatic carbocycles. The van der Waals surface area contributed by atoms with Crippen molar-refractivity contribution in [1.82, 2.24) is 0 Å². The summed E-state index contributed by atoms with van der Waals surface area (Å²) in [5, 5.41) is 0. The van der Waals surface area contributed by atoms with Crippen LogP contribution in [0.25, 0.3) is 0 Å². The molecule has 6 radical (unpaired) electrons. The van der Waals surface area contributed by atoms with Crippen LogP contribution in [0, 0.1) is 158 Å². The molecule has 2 nitrogen and oxygen atoms in total. The van der Waals surface area contributed by atoms with E-state index in [0.29, 0.717) is 23.2 Å². The molecule has 3 saturated carbocycles. The molecular formula is C21H31O2Pr3Si. The number of allylic oxidation sites excluding steroid dienone is 1. The summed E-state index contributed by atoms with van der Waals surface area (Å²) in [5.41, 5.74) is 2.30. The van der Waals surface area contributed by atoms with Crippen molar-refractivity contribution >= 4 is 16.3 Å². The van der Waals surface area contributed by atoms with Gasteiger partial charge in [0.1, 0.15) is 5.78 Å². The Labute approximate surface area is 268 Å². The number of hydrogen-bond acceptors (Lipinski definition) is 2. The molecule has 0 aliphatic heterocycles. The van der Waals surface area contributed by atoms with E-state index in [-0.39, 0.29) is 129 Å². The first-order chi connectivity index (χ1) is 11.4. The van der Waals surface area contributed by atoms with Crippen molar-refractivity contribution in [3.8, 4) is 0 Å². The van der Waals surface area contributed by atoms with Gasteiger partial charge in [0.15, 0.2) is 0 Å². The van der Waals surface area contributed by atoms with E-state index in [9.17, 15) is 4.79 Å². The average Bonchev–Trinajstić information content (AvgIpc) is 2.91. The number of Topliss-reactive ketones (excluding diaryl/α,β-unsaturated/α-hetero) is 1. The molecule has 0 amide bonds. The first kappa shape index (κ1) is 28.7. The molecule has 0 aromatic heterocycles. The van der Waals surface area contributed by atoms with Crippen molar-refractivity contribution in [1.29, 1.82) is 0 Å². The van der Waals surface area contributed by atoms with Crippen LogP contribution in [0.2, 0.25) is 0 Å². The zero-order valence-electron chi connectivity index (χ0n) is 17.2. The van der Waals surface area contributed by atoms with Gasteiger partial charge < -0.3 is 4.43 Å². The number of hydrogen-bond donors (Lipinski definition) is 0. The van der Waals surface area contributed by atoms with E-state index >= 15 is 0 Å². The second-order valence-corrected chi connectivity index (χ2v) is 9.76. The third kappa shape index (κ3) is 4.96. The minimum Gasteiger partial charge on any atom is -0.415 e. The van der Waals surface area contributed by atoms with Crippen molar-refractivity contribution < 1.29 is 133 Å². The van der Waals surface area contributed by atoms with Gasteiger partial charge in [-0.3, -0.25) is 4.79 Å². The van der Waals surface area contributed by atoms with Gasteiger partial charge in [0, 0.05) is 136 Å². The molecule has 0 N–H and O–H groups in total. The Morgan fingerprint density at radius 3 is 2.41 bits per heavy atom. The van der Waals surface area contributed by atoms with Crippen LogP contribution in [0.1, 0.15) is 72.1 Å². The Morgan fingerprint density at radius 1 is 1.07 bits per heavy atom. The Hall–Kier alpha value is 3.68. The molecular weight excluding hydrogens is 735 g/mol. The Kier molecular flexibility index (Phi) is 11.9. The van der Waals surface area contributed by atoms with Gasteiger partial charge in [-0.25, -0.2) is 0 Å². The first-order valence-corrected chi connectivity index (χ1v) is 10.3. The molecule has 7 atom stereocenters. The molecule has 0 heterocycles. The summed E-state index contributed by atoms with van der Waals surface area (Å²) in [6.45, 7) is 6.79.